The molecule has 0 aliphatic rings. The Hall–Kier alpha value is -2.05. The van der Waals surface area contributed by atoms with Gasteiger partial charge in [0.2, 0.25) is 15.9 Å². The molecule has 5 nitrogen and oxygen atoms in total. The van der Waals surface area contributed by atoms with Gasteiger partial charge in [0, 0.05) is 10.7 Å². The fraction of sp³-hybridized carbons (Fsp3) is 0.316. The van der Waals surface area contributed by atoms with Crippen molar-refractivity contribution in [2.24, 2.45) is 0 Å². The highest BCUT2D eigenvalue weighted by Crippen LogP contribution is 2.25. The third-order valence-corrected chi connectivity index (χ3v) is 5.77. The van der Waals surface area contributed by atoms with E-state index >= 15 is 0 Å². The molecule has 0 aromatic heterocycles. The van der Waals surface area contributed by atoms with Crippen molar-refractivity contribution in [1.29, 1.82) is 0 Å². The molecular formula is C19H23ClN2O3S. The lowest BCUT2D eigenvalue weighted by atomic mass is 10.1. The number of carbonyl (C=O) groups excluding carboxylic acids is 1. The average molecular weight is 395 g/mol. The molecule has 0 heterocycles. The van der Waals surface area contributed by atoms with Crippen LogP contribution in [0.25, 0.3) is 0 Å². The van der Waals surface area contributed by atoms with Gasteiger partial charge in [-0.15, -0.1) is 0 Å². The van der Waals surface area contributed by atoms with Gasteiger partial charge in [0.15, 0.2) is 0 Å². The van der Waals surface area contributed by atoms with Crippen LogP contribution >= 0.6 is 11.6 Å². The molecule has 0 aliphatic carbocycles. The van der Waals surface area contributed by atoms with Gasteiger partial charge in [-0.3, -0.25) is 9.10 Å². The van der Waals surface area contributed by atoms with E-state index in [1.807, 2.05) is 26.8 Å². The molecule has 0 spiro atoms. The number of hydrogen-bond acceptors (Lipinski definition) is 3. The van der Waals surface area contributed by atoms with Crippen LogP contribution < -0.4 is 9.62 Å². The maximum atomic E-state index is 12.7. The molecule has 1 atom stereocenters. The van der Waals surface area contributed by atoms with Gasteiger partial charge < -0.3 is 5.32 Å². The summed E-state index contributed by atoms with van der Waals surface area (Å²) >= 11 is 5.99. The summed E-state index contributed by atoms with van der Waals surface area (Å²) in [6, 6.07) is 9.55. The highest BCUT2D eigenvalue weighted by Gasteiger charge is 2.29. The van der Waals surface area contributed by atoms with Crippen LogP contribution in [0.1, 0.15) is 23.6 Å². The van der Waals surface area contributed by atoms with Gasteiger partial charge in [0.25, 0.3) is 0 Å². The second-order valence-electron chi connectivity index (χ2n) is 6.45. The molecule has 0 bridgehead atoms. The Morgan fingerprint density at radius 1 is 1.04 bits per heavy atom. The number of amides is 1. The van der Waals surface area contributed by atoms with Crippen molar-refractivity contribution in [2.45, 2.75) is 33.7 Å². The number of benzene rings is 2. The smallest absolute Gasteiger partial charge is 0.248 e. The van der Waals surface area contributed by atoms with E-state index in [4.69, 9.17) is 11.6 Å². The minimum atomic E-state index is -3.66. The van der Waals surface area contributed by atoms with Crippen molar-refractivity contribution in [1.82, 2.24) is 0 Å². The van der Waals surface area contributed by atoms with E-state index in [2.05, 4.69) is 5.32 Å². The zero-order valence-electron chi connectivity index (χ0n) is 15.5. The van der Waals surface area contributed by atoms with Gasteiger partial charge in [-0.1, -0.05) is 23.7 Å². The first-order valence-electron chi connectivity index (χ1n) is 8.14. The van der Waals surface area contributed by atoms with E-state index in [1.165, 1.54) is 0 Å². The Morgan fingerprint density at radius 2 is 1.65 bits per heavy atom. The first kappa shape index (κ1) is 20.3. The number of nitrogens with zero attached hydrogens (tertiary/aromatic N) is 1. The highest BCUT2D eigenvalue weighted by atomic mass is 35.5. The van der Waals surface area contributed by atoms with Crippen molar-refractivity contribution in [3.63, 3.8) is 0 Å². The number of rotatable bonds is 5. The minimum absolute atomic E-state index is 0.431. The molecule has 0 aliphatic heterocycles. The summed E-state index contributed by atoms with van der Waals surface area (Å²) in [6.07, 6.45) is 1.09. The predicted molar refractivity (Wildman–Crippen MR) is 108 cm³/mol. The molecule has 2 aromatic carbocycles. The molecule has 0 saturated carbocycles. The largest absolute Gasteiger partial charge is 0.324 e. The topological polar surface area (TPSA) is 66.5 Å². The number of halogens is 1. The summed E-state index contributed by atoms with van der Waals surface area (Å²) < 4.78 is 25.9. The summed E-state index contributed by atoms with van der Waals surface area (Å²) in [5, 5.41) is 3.26. The second-order valence-corrected chi connectivity index (χ2v) is 8.75. The first-order chi connectivity index (χ1) is 12.0. The monoisotopic (exact) mass is 394 g/mol. The highest BCUT2D eigenvalue weighted by molar-refractivity contribution is 7.92. The van der Waals surface area contributed by atoms with Crippen LogP contribution in [0.2, 0.25) is 5.02 Å². The molecule has 26 heavy (non-hydrogen) atoms. The first-order valence-corrected chi connectivity index (χ1v) is 10.4. The Kier molecular flexibility index (Phi) is 5.98. The van der Waals surface area contributed by atoms with Crippen molar-refractivity contribution in [3.8, 4) is 0 Å². The number of hydrogen-bond donors (Lipinski definition) is 1. The van der Waals surface area contributed by atoms with E-state index in [9.17, 15) is 13.2 Å². The minimum Gasteiger partial charge on any atom is -0.324 e. The van der Waals surface area contributed by atoms with E-state index in [1.54, 1.807) is 37.3 Å². The number of aryl methyl sites for hydroxylation is 3. The van der Waals surface area contributed by atoms with Gasteiger partial charge >= 0.3 is 0 Å². The van der Waals surface area contributed by atoms with Crippen molar-refractivity contribution >= 4 is 38.9 Å². The SMILES string of the molecule is Cc1ccc(N(C(C)C(=O)Nc2cc(Cl)ccc2C)S(C)(=O)=O)cc1C. The summed E-state index contributed by atoms with van der Waals surface area (Å²) in [6.45, 7) is 7.25. The lowest BCUT2D eigenvalue weighted by molar-refractivity contribution is -0.116. The number of carbonyl (C=O) groups is 1. The Balaban J connectivity index is 2.37. The third kappa shape index (κ3) is 4.56. The molecule has 0 saturated heterocycles. The van der Waals surface area contributed by atoms with Crippen LogP contribution in [0.15, 0.2) is 36.4 Å². The van der Waals surface area contributed by atoms with E-state index in [-0.39, 0.29) is 0 Å². The summed E-state index contributed by atoms with van der Waals surface area (Å²) in [5.41, 5.74) is 3.86. The van der Waals surface area contributed by atoms with E-state index < -0.39 is 22.0 Å². The maximum Gasteiger partial charge on any atom is 0.248 e. The predicted octanol–water partition coefficient (Wildman–Crippen LogP) is 4.06. The van der Waals surface area contributed by atoms with Crippen LogP contribution in [0.3, 0.4) is 0 Å². The molecule has 1 amide bonds. The Bertz CT molecular complexity index is 942. The molecule has 7 heteroatoms. The van der Waals surface area contributed by atoms with Gasteiger partial charge in [0.1, 0.15) is 6.04 Å². The number of sulfonamides is 1. The van der Waals surface area contributed by atoms with E-state index in [0.29, 0.717) is 16.4 Å². The Morgan fingerprint density at radius 3 is 2.23 bits per heavy atom. The van der Waals surface area contributed by atoms with Gasteiger partial charge in [-0.25, -0.2) is 8.42 Å². The van der Waals surface area contributed by atoms with Gasteiger partial charge in [0.05, 0.1) is 11.9 Å². The van der Waals surface area contributed by atoms with Crippen LogP contribution in [0, 0.1) is 20.8 Å². The summed E-state index contributed by atoms with van der Waals surface area (Å²) in [5.74, 6) is -0.431. The zero-order valence-corrected chi connectivity index (χ0v) is 17.1. The van der Waals surface area contributed by atoms with Crippen LogP contribution in [0.4, 0.5) is 11.4 Å². The fourth-order valence-electron chi connectivity index (χ4n) is 2.64. The lowest BCUT2D eigenvalue weighted by Crippen LogP contribution is -2.45. The molecular weight excluding hydrogens is 372 g/mol. The maximum absolute atomic E-state index is 12.7. The number of nitrogens with one attached hydrogen (secondary N) is 1. The van der Waals surface area contributed by atoms with Crippen molar-refractivity contribution < 1.29 is 13.2 Å². The second kappa shape index (κ2) is 7.68. The normalized spacial score (nSPS) is 12.5. The standard InChI is InChI=1S/C19H23ClN2O3S/c1-12-7-9-17(10-14(12)3)22(26(5,24)25)15(4)19(23)21-18-11-16(20)8-6-13(18)2/h6-11,15H,1-5H3,(H,21,23). The summed E-state index contributed by atoms with van der Waals surface area (Å²) in [7, 11) is -3.66. The molecule has 0 fully saturated rings. The van der Waals surface area contributed by atoms with Crippen molar-refractivity contribution in [2.75, 3.05) is 15.9 Å². The van der Waals surface area contributed by atoms with Crippen LogP contribution in [0.5, 0.6) is 0 Å². The quantitative estimate of drug-likeness (QED) is 0.831. The van der Waals surface area contributed by atoms with Crippen LogP contribution in [-0.4, -0.2) is 26.6 Å². The van der Waals surface area contributed by atoms with Crippen molar-refractivity contribution in [3.05, 3.63) is 58.1 Å². The zero-order chi connectivity index (χ0) is 19.6. The van der Waals surface area contributed by atoms with Gasteiger partial charge in [-0.2, -0.15) is 0 Å². The Labute approximate surface area is 160 Å². The van der Waals surface area contributed by atoms with E-state index in [0.717, 1.165) is 27.3 Å². The molecule has 2 rings (SSSR count). The third-order valence-electron chi connectivity index (χ3n) is 4.29. The molecule has 1 N–H and O–H groups in total. The molecule has 0 radical (unpaired) electrons. The lowest BCUT2D eigenvalue weighted by Gasteiger charge is -2.29. The average Bonchev–Trinajstić information content (AvgIpc) is 2.53. The molecule has 140 valence electrons. The van der Waals surface area contributed by atoms with Crippen LogP contribution in [-0.2, 0) is 14.8 Å². The molecule has 2 aromatic rings. The van der Waals surface area contributed by atoms with Gasteiger partial charge in [-0.05, 0) is 68.7 Å². The number of anilines is 2. The fourth-order valence-corrected chi connectivity index (χ4v) is 3.98. The summed E-state index contributed by atoms with van der Waals surface area (Å²) in [4.78, 5) is 12.7. The molecule has 1 unspecified atom stereocenters.